The van der Waals surface area contributed by atoms with Crippen molar-refractivity contribution in [3.05, 3.63) is 42.5 Å². The molecule has 4 N–H and O–H groups in total. The molecule has 2 rings (SSSR count). The molecule has 0 atom stereocenters. The summed E-state index contributed by atoms with van der Waals surface area (Å²) in [5.41, 5.74) is 0.368. The zero-order chi connectivity index (χ0) is 15.2. The molecule has 110 valence electrons. The Morgan fingerprint density at radius 2 is 2.00 bits per heavy atom. The minimum atomic E-state index is -1.14. The summed E-state index contributed by atoms with van der Waals surface area (Å²) in [7, 11) is 0. The van der Waals surface area contributed by atoms with Crippen LogP contribution in [0.4, 0.5) is 10.5 Å². The number of aromatic nitrogens is 2. The Morgan fingerprint density at radius 3 is 2.57 bits per heavy atom. The first kappa shape index (κ1) is 14.4. The van der Waals surface area contributed by atoms with Gasteiger partial charge in [-0.05, 0) is 24.3 Å². The third-order valence-electron chi connectivity index (χ3n) is 2.66. The molecule has 1 aromatic heterocycles. The number of carboxylic acid groups (broad SMARTS) is 1. The minimum absolute atomic E-state index is 0.0324. The molecule has 8 nitrogen and oxygen atoms in total. The number of nitrogens with one attached hydrogen (secondary N) is 2. The van der Waals surface area contributed by atoms with Crippen LogP contribution in [0.5, 0.6) is 5.75 Å². The third-order valence-corrected chi connectivity index (χ3v) is 2.66. The zero-order valence-corrected chi connectivity index (χ0v) is 11.0. The number of rotatable bonds is 5. The van der Waals surface area contributed by atoms with Crippen molar-refractivity contribution in [1.29, 1.82) is 0 Å². The first-order valence-electron chi connectivity index (χ1n) is 6.10. The van der Waals surface area contributed by atoms with E-state index in [0.717, 1.165) is 4.90 Å². The number of nitrogens with zero attached hydrogens (tertiary/aromatic N) is 2. The second-order valence-electron chi connectivity index (χ2n) is 4.19. The number of phenolic OH excluding ortho intramolecular Hbond substituents is 1. The fourth-order valence-corrected chi connectivity index (χ4v) is 1.70. The van der Waals surface area contributed by atoms with Crippen molar-refractivity contribution in [2.45, 2.75) is 6.54 Å². The molecule has 0 bridgehead atoms. The van der Waals surface area contributed by atoms with Gasteiger partial charge in [-0.3, -0.25) is 9.69 Å². The number of carbonyl (C=O) groups excluding carboxylic acids is 1. The highest BCUT2D eigenvalue weighted by atomic mass is 16.4. The summed E-state index contributed by atoms with van der Waals surface area (Å²) < 4.78 is 0. The van der Waals surface area contributed by atoms with E-state index >= 15 is 0 Å². The average molecular weight is 290 g/mol. The van der Waals surface area contributed by atoms with E-state index in [1.54, 1.807) is 12.4 Å². The lowest BCUT2D eigenvalue weighted by Gasteiger charge is -2.21. The number of carbonyl (C=O) groups is 2. The van der Waals surface area contributed by atoms with Crippen LogP contribution in [-0.4, -0.2) is 38.7 Å². The van der Waals surface area contributed by atoms with Crippen molar-refractivity contribution < 1.29 is 19.8 Å². The van der Waals surface area contributed by atoms with E-state index in [1.165, 1.54) is 24.3 Å². The standard InChI is InChI=1S/C13H14N4O4/c18-10-3-1-9(2-4-10)17(8-12(19)20)13(21)16-7-11-14-5-6-15-11/h1-6,18H,7-8H2,(H,14,15)(H,16,21)(H,19,20). The molecule has 0 saturated heterocycles. The summed E-state index contributed by atoms with van der Waals surface area (Å²) >= 11 is 0. The van der Waals surface area contributed by atoms with E-state index in [2.05, 4.69) is 15.3 Å². The first-order valence-corrected chi connectivity index (χ1v) is 6.10. The number of aromatic hydroxyl groups is 1. The average Bonchev–Trinajstić information content (AvgIpc) is 2.96. The van der Waals surface area contributed by atoms with E-state index < -0.39 is 18.5 Å². The Morgan fingerprint density at radius 1 is 1.29 bits per heavy atom. The molecule has 8 heteroatoms. The summed E-state index contributed by atoms with van der Waals surface area (Å²) in [5, 5.41) is 20.7. The molecule has 0 spiro atoms. The maximum Gasteiger partial charge on any atom is 0.323 e. The summed E-state index contributed by atoms with van der Waals surface area (Å²) in [4.78, 5) is 30.8. The molecule has 1 heterocycles. The number of aromatic amines is 1. The van der Waals surface area contributed by atoms with Gasteiger partial charge in [-0.2, -0.15) is 0 Å². The highest BCUT2D eigenvalue weighted by molar-refractivity contribution is 5.96. The van der Waals surface area contributed by atoms with Crippen molar-refractivity contribution in [3.8, 4) is 5.75 Å². The summed E-state index contributed by atoms with van der Waals surface area (Å²) in [5.74, 6) is -0.550. The molecule has 0 aliphatic carbocycles. The number of carboxylic acids is 1. The van der Waals surface area contributed by atoms with Gasteiger partial charge in [-0.1, -0.05) is 0 Å². The van der Waals surface area contributed by atoms with E-state index in [1.807, 2.05) is 0 Å². The number of urea groups is 1. The number of imidazole rings is 1. The fraction of sp³-hybridized carbons (Fsp3) is 0.154. The van der Waals surface area contributed by atoms with Gasteiger partial charge in [0.05, 0.1) is 6.54 Å². The summed E-state index contributed by atoms with van der Waals surface area (Å²) in [6.45, 7) is -0.338. The largest absolute Gasteiger partial charge is 0.508 e. The molecule has 0 saturated carbocycles. The maximum atomic E-state index is 12.1. The van der Waals surface area contributed by atoms with E-state index in [0.29, 0.717) is 11.5 Å². The van der Waals surface area contributed by atoms with Crippen molar-refractivity contribution in [3.63, 3.8) is 0 Å². The van der Waals surface area contributed by atoms with Gasteiger partial charge in [0.1, 0.15) is 18.1 Å². The van der Waals surface area contributed by atoms with Crippen LogP contribution in [0.25, 0.3) is 0 Å². The molecule has 2 aromatic rings. The second kappa shape index (κ2) is 6.42. The van der Waals surface area contributed by atoms with Gasteiger partial charge in [0.2, 0.25) is 0 Å². The lowest BCUT2D eigenvalue weighted by molar-refractivity contribution is -0.135. The van der Waals surface area contributed by atoms with Crippen molar-refractivity contribution in [2.75, 3.05) is 11.4 Å². The van der Waals surface area contributed by atoms with Crippen LogP contribution in [0.3, 0.4) is 0 Å². The lowest BCUT2D eigenvalue weighted by atomic mass is 10.3. The minimum Gasteiger partial charge on any atom is -0.508 e. The number of aliphatic carboxylic acids is 1. The van der Waals surface area contributed by atoms with Crippen LogP contribution in [0.15, 0.2) is 36.7 Å². The predicted octanol–water partition coefficient (Wildman–Crippen LogP) is 0.916. The van der Waals surface area contributed by atoms with Gasteiger partial charge in [-0.15, -0.1) is 0 Å². The smallest absolute Gasteiger partial charge is 0.323 e. The number of anilines is 1. The Kier molecular flexibility index (Phi) is 4.39. The summed E-state index contributed by atoms with van der Waals surface area (Å²) in [6.07, 6.45) is 3.17. The van der Waals surface area contributed by atoms with E-state index in [9.17, 15) is 14.7 Å². The highest BCUT2D eigenvalue weighted by Crippen LogP contribution is 2.18. The van der Waals surface area contributed by atoms with Gasteiger partial charge in [0, 0.05) is 18.1 Å². The van der Waals surface area contributed by atoms with Crippen molar-refractivity contribution in [2.24, 2.45) is 0 Å². The van der Waals surface area contributed by atoms with Crippen LogP contribution >= 0.6 is 0 Å². The number of hydrogen-bond acceptors (Lipinski definition) is 4. The van der Waals surface area contributed by atoms with Gasteiger partial charge in [0.25, 0.3) is 0 Å². The Hall–Kier alpha value is -3.03. The normalized spacial score (nSPS) is 10.1. The first-order chi connectivity index (χ1) is 10.1. The Labute approximate surface area is 120 Å². The zero-order valence-electron chi connectivity index (χ0n) is 11.0. The maximum absolute atomic E-state index is 12.1. The third kappa shape index (κ3) is 3.96. The molecular formula is C13H14N4O4. The molecule has 1 aromatic carbocycles. The lowest BCUT2D eigenvalue weighted by Crippen LogP contribution is -2.42. The van der Waals surface area contributed by atoms with Crippen molar-refractivity contribution in [1.82, 2.24) is 15.3 Å². The van der Waals surface area contributed by atoms with Crippen LogP contribution in [0, 0.1) is 0 Å². The van der Waals surface area contributed by atoms with Crippen LogP contribution in [-0.2, 0) is 11.3 Å². The molecule has 0 aliphatic heterocycles. The van der Waals surface area contributed by atoms with Gasteiger partial charge in [-0.25, -0.2) is 9.78 Å². The fourth-order valence-electron chi connectivity index (χ4n) is 1.70. The predicted molar refractivity (Wildman–Crippen MR) is 73.9 cm³/mol. The number of benzene rings is 1. The molecule has 0 fully saturated rings. The highest BCUT2D eigenvalue weighted by Gasteiger charge is 2.18. The Balaban J connectivity index is 2.09. The molecule has 0 aliphatic rings. The van der Waals surface area contributed by atoms with Gasteiger partial charge < -0.3 is 20.5 Å². The van der Waals surface area contributed by atoms with Gasteiger partial charge in [0.15, 0.2) is 0 Å². The number of H-pyrrole nitrogens is 1. The van der Waals surface area contributed by atoms with Crippen LogP contribution in [0.2, 0.25) is 0 Å². The van der Waals surface area contributed by atoms with E-state index in [4.69, 9.17) is 5.11 Å². The van der Waals surface area contributed by atoms with Gasteiger partial charge >= 0.3 is 12.0 Å². The number of phenols is 1. The molecule has 2 amide bonds. The molecule has 21 heavy (non-hydrogen) atoms. The molecule has 0 unspecified atom stereocenters. The molecule has 0 radical (unpaired) electrons. The Bertz CT molecular complexity index is 610. The monoisotopic (exact) mass is 290 g/mol. The summed E-state index contributed by atoms with van der Waals surface area (Å²) in [6, 6.07) is 5.11. The van der Waals surface area contributed by atoms with E-state index in [-0.39, 0.29) is 12.3 Å². The molecular weight excluding hydrogens is 276 g/mol. The van der Waals surface area contributed by atoms with Crippen molar-refractivity contribution >= 4 is 17.7 Å². The van der Waals surface area contributed by atoms with Crippen LogP contribution < -0.4 is 10.2 Å². The number of hydrogen-bond donors (Lipinski definition) is 4. The quantitative estimate of drug-likeness (QED) is 0.653. The van der Waals surface area contributed by atoms with Crippen LogP contribution in [0.1, 0.15) is 5.82 Å². The topological polar surface area (TPSA) is 119 Å². The number of amides is 2. The SMILES string of the molecule is O=C(O)CN(C(=O)NCc1ncc[nH]1)c1ccc(O)cc1. The second-order valence-corrected chi connectivity index (χ2v) is 4.19.